The van der Waals surface area contributed by atoms with Crippen LogP contribution >= 0.6 is 35.3 Å². The molecule has 2 N–H and O–H groups in total. The van der Waals surface area contributed by atoms with E-state index >= 15 is 0 Å². The number of aliphatic imine (C=N–C) groups is 1. The molecule has 0 aliphatic rings. The summed E-state index contributed by atoms with van der Waals surface area (Å²) in [6, 6.07) is 18.2. The molecule has 2 heterocycles. The summed E-state index contributed by atoms with van der Waals surface area (Å²) < 4.78 is 5.86. The van der Waals surface area contributed by atoms with Crippen molar-refractivity contribution in [3.05, 3.63) is 82.3 Å². The fourth-order valence-corrected chi connectivity index (χ4v) is 3.78. The van der Waals surface area contributed by atoms with Crippen molar-refractivity contribution in [2.45, 2.75) is 26.5 Å². The fraction of sp³-hybridized carbons (Fsp3) is 0.304. The lowest BCUT2D eigenvalue weighted by atomic mass is 10.1. The molecular formula is C23H29IN4OS. The molecule has 5 nitrogen and oxygen atoms in total. The third kappa shape index (κ3) is 8.31. The van der Waals surface area contributed by atoms with Gasteiger partial charge in [-0.15, -0.1) is 35.3 Å². The van der Waals surface area contributed by atoms with Gasteiger partial charge in [-0.25, -0.2) is 0 Å². The lowest BCUT2D eigenvalue weighted by Crippen LogP contribution is -2.39. The summed E-state index contributed by atoms with van der Waals surface area (Å²) in [4.78, 5) is 10.0. The molecule has 0 fully saturated rings. The van der Waals surface area contributed by atoms with Crippen molar-refractivity contribution in [1.29, 1.82) is 0 Å². The van der Waals surface area contributed by atoms with Crippen molar-refractivity contribution in [2.24, 2.45) is 10.9 Å². The number of pyridine rings is 1. The topological polar surface area (TPSA) is 58.5 Å². The zero-order chi connectivity index (χ0) is 20.3. The van der Waals surface area contributed by atoms with Crippen LogP contribution in [0.1, 0.15) is 23.1 Å². The van der Waals surface area contributed by atoms with Crippen LogP contribution in [0.3, 0.4) is 0 Å². The minimum atomic E-state index is 0. The Hall–Kier alpha value is -2.13. The molecule has 0 saturated carbocycles. The SMILES string of the molecule is CN=C(NCc1cccc(OCc2ccccn2)c1)NCC(C)Cc1cccs1.I. The number of hydrogen-bond donors (Lipinski definition) is 2. The van der Waals surface area contributed by atoms with Crippen LogP contribution in [0, 0.1) is 5.92 Å². The zero-order valence-electron chi connectivity index (χ0n) is 17.4. The Labute approximate surface area is 200 Å². The molecule has 7 heteroatoms. The number of hydrogen-bond acceptors (Lipinski definition) is 4. The number of nitrogens with zero attached hydrogens (tertiary/aromatic N) is 2. The molecular weight excluding hydrogens is 507 g/mol. The Morgan fingerprint density at radius 3 is 2.77 bits per heavy atom. The van der Waals surface area contributed by atoms with Gasteiger partial charge in [0.2, 0.25) is 0 Å². The maximum absolute atomic E-state index is 5.86. The van der Waals surface area contributed by atoms with Gasteiger partial charge in [-0.3, -0.25) is 9.98 Å². The number of guanidine groups is 1. The van der Waals surface area contributed by atoms with Crippen molar-refractivity contribution in [2.75, 3.05) is 13.6 Å². The van der Waals surface area contributed by atoms with Gasteiger partial charge < -0.3 is 15.4 Å². The molecule has 0 aliphatic heterocycles. The van der Waals surface area contributed by atoms with Gasteiger partial charge in [-0.2, -0.15) is 0 Å². The van der Waals surface area contributed by atoms with Crippen LogP contribution in [0.25, 0.3) is 0 Å². The molecule has 1 atom stereocenters. The van der Waals surface area contributed by atoms with E-state index in [0.29, 0.717) is 19.1 Å². The number of ether oxygens (including phenoxy) is 1. The Kier molecular flexibility index (Phi) is 10.6. The molecule has 0 amide bonds. The average Bonchev–Trinajstić information content (AvgIpc) is 3.26. The maximum Gasteiger partial charge on any atom is 0.191 e. The number of thiophene rings is 1. The Morgan fingerprint density at radius 1 is 1.13 bits per heavy atom. The van der Waals surface area contributed by atoms with Crippen molar-refractivity contribution in [3.63, 3.8) is 0 Å². The highest BCUT2D eigenvalue weighted by molar-refractivity contribution is 14.0. The first-order valence-electron chi connectivity index (χ1n) is 9.81. The molecule has 30 heavy (non-hydrogen) atoms. The fourth-order valence-electron chi connectivity index (χ4n) is 2.91. The van der Waals surface area contributed by atoms with Crippen LogP contribution < -0.4 is 15.4 Å². The minimum Gasteiger partial charge on any atom is -0.487 e. The van der Waals surface area contributed by atoms with E-state index in [4.69, 9.17) is 4.74 Å². The summed E-state index contributed by atoms with van der Waals surface area (Å²) in [5.41, 5.74) is 2.05. The molecule has 1 unspecified atom stereocenters. The largest absolute Gasteiger partial charge is 0.487 e. The highest BCUT2D eigenvalue weighted by Gasteiger charge is 2.06. The second-order valence-electron chi connectivity index (χ2n) is 6.95. The number of nitrogens with one attached hydrogen (secondary N) is 2. The molecule has 3 rings (SSSR count). The van der Waals surface area contributed by atoms with Gasteiger partial charge in [-0.05, 0) is 53.6 Å². The normalized spacial score (nSPS) is 12.0. The molecule has 0 bridgehead atoms. The Bertz CT molecular complexity index is 887. The van der Waals surface area contributed by atoms with Crippen LogP contribution in [-0.4, -0.2) is 24.5 Å². The number of benzene rings is 1. The van der Waals surface area contributed by atoms with E-state index in [-0.39, 0.29) is 24.0 Å². The first-order chi connectivity index (χ1) is 14.2. The predicted molar refractivity (Wildman–Crippen MR) is 136 cm³/mol. The van der Waals surface area contributed by atoms with Gasteiger partial charge in [0.15, 0.2) is 5.96 Å². The molecule has 1 aromatic carbocycles. The van der Waals surface area contributed by atoms with Crippen LogP contribution in [0.2, 0.25) is 0 Å². The molecule has 0 saturated heterocycles. The quantitative estimate of drug-likeness (QED) is 0.233. The van der Waals surface area contributed by atoms with Crippen LogP contribution in [0.15, 0.2) is 71.2 Å². The number of rotatable bonds is 9. The first-order valence-corrected chi connectivity index (χ1v) is 10.7. The lowest BCUT2D eigenvalue weighted by Gasteiger charge is -2.16. The molecule has 160 valence electrons. The van der Waals surface area contributed by atoms with Crippen LogP contribution in [0.5, 0.6) is 5.75 Å². The van der Waals surface area contributed by atoms with Gasteiger partial charge in [0, 0.05) is 31.2 Å². The van der Waals surface area contributed by atoms with E-state index in [1.54, 1.807) is 13.2 Å². The summed E-state index contributed by atoms with van der Waals surface area (Å²) >= 11 is 1.81. The zero-order valence-corrected chi connectivity index (χ0v) is 20.5. The van der Waals surface area contributed by atoms with E-state index in [0.717, 1.165) is 35.9 Å². The summed E-state index contributed by atoms with van der Waals surface area (Å²) in [7, 11) is 1.80. The standard InChI is InChI=1S/C23H28N4OS.HI/c1-18(13-22-10-6-12-29-22)15-26-23(24-2)27-16-19-7-5-9-21(14-19)28-17-20-8-3-4-11-25-20;/h3-12,14,18H,13,15-17H2,1-2H3,(H2,24,26,27);1H. The first kappa shape index (κ1) is 24.1. The summed E-state index contributed by atoms with van der Waals surface area (Å²) in [5, 5.41) is 8.92. The van der Waals surface area contributed by atoms with Gasteiger partial charge >= 0.3 is 0 Å². The Morgan fingerprint density at radius 2 is 2.03 bits per heavy atom. The second kappa shape index (κ2) is 13.2. The number of halogens is 1. The van der Waals surface area contributed by atoms with Crippen molar-refractivity contribution < 1.29 is 4.74 Å². The monoisotopic (exact) mass is 536 g/mol. The van der Waals surface area contributed by atoms with E-state index < -0.39 is 0 Å². The maximum atomic E-state index is 5.86. The summed E-state index contributed by atoms with van der Waals surface area (Å²) in [6.45, 7) is 4.27. The highest BCUT2D eigenvalue weighted by atomic mass is 127. The van der Waals surface area contributed by atoms with E-state index in [1.165, 1.54) is 4.88 Å². The van der Waals surface area contributed by atoms with Gasteiger partial charge in [0.05, 0.1) is 5.69 Å². The smallest absolute Gasteiger partial charge is 0.191 e. The molecule has 2 aromatic heterocycles. The van der Waals surface area contributed by atoms with Crippen molar-refractivity contribution in [3.8, 4) is 5.75 Å². The molecule has 0 aliphatic carbocycles. The summed E-state index contributed by atoms with van der Waals surface area (Å²) in [5.74, 6) is 2.18. The van der Waals surface area contributed by atoms with E-state index in [9.17, 15) is 0 Å². The molecule has 3 aromatic rings. The predicted octanol–water partition coefficient (Wildman–Crippen LogP) is 4.88. The Balaban J connectivity index is 0.00000320. The van der Waals surface area contributed by atoms with Gasteiger partial charge in [-0.1, -0.05) is 31.2 Å². The lowest BCUT2D eigenvalue weighted by molar-refractivity contribution is 0.301. The summed E-state index contributed by atoms with van der Waals surface area (Å²) in [6.07, 6.45) is 2.86. The molecule has 0 spiro atoms. The molecule has 0 radical (unpaired) electrons. The van der Waals surface area contributed by atoms with Crippen LogP contribution in [0.4, 0.5) is 0 Å². The van der Waals surface area contributed by atoms with E-state index in [2.05, 4.69) is 51.1 Å². The third-order valence-electron chi connectivity index (χ3n) is 4.44. The highest BCUT2D eigenvalue weighted by Crippen LogP contribution is 2.15. The third-order valence-corrected chi connectivity index (χ3v) is 5.34. The van der Waals surface area contributed by atoms with Gasteiger partial charge in [0.1, 0.15) is 12.4 Å². The number of aromatic nitrogens is 1. The minimum absolute atomic E-state index is 0. The average molecular weight is 536 g/mol. The van der Waals surface area contributed by atoms with Gasteiger partial charge in [0.25, 0.3) is 0 Å². The van der Waals surface area contributed by atoms with Crippen molar-refractivity contribution in [1.82, 2.24) is 15.6 Å². The van der Waals surface area contributed by atoms with Crippen LogP contribution in [-0.2, 0) is 19.6 Å². The van der Waals surface area contributed by atoms with E-state index in [1.807, 2.05) is 47.7 Å². The second-order valence-corrected chi connectivity index (χ2v) is 7.98. The van der Waals surface area contributed by atoms with Crippen molar-refractivity contribution >= 4 is 41.3 Å².